The lowest BCUT2D eigenvalue weighted by atomic mass is 10.1. The highest BCUT2D eigenvalue weighted by Gasteiger charge is 2.25. The average molecular weight is 291 g/mol. The van der Waals surface area contributed by atoms with Gasteiger partial charge in [-0.15, -0.1) is 0 Å². The van der Waals surface area contributed by atoms with Crippen LogP contribution in [0.3, 0.4) is 0 Å². The van der Waals surface area contributed by atoms with E-state index in [9.17, 15) is 9.59 Å². The molecule has 1 aliphatic carbocycles. The molecule has 0 radical (unpaired) electrons. The normalized spacial score (nSPS) is 15.6. The van der Waals surface area contributed by atoms with Crippen LogP contribution < -0.4 is 10.6 Å². The number of pyridine rings is 1. The Kier molecular flexibility index (Phi) is 4.45. The summed E-state index contributed by atoms with van der Waals surface area (Å²) in [5, 5.41) is 15.0. The van der Waals surface area contributed by atoms with Crippen molar-refractivity contribution in [3.63, 3.8) is 0 Å². The van der Waals surface area contributed by atoms with Crippen LogP contribution in [0.25, 0.3) is 0 Å². The van der Waals surface area contributed by atoms with Crippen molar-refractivity contribution < 1.29 is 14.7 Å². The number of carbonyl (C=O) groups excluding carboxylic acids is 1. The van der Waals surface area contributed by atoms with Crippen molar-refractivity contribution in [1.82, 2.24) is 10.3 Å². The Morgan fingerprint density at radius 3 is 2.48 bits per heavy atom. The zero-order valence-electron chi connectivity index (χ0n) is 12.5. The summed E-state index contributed by atoms with van der Waals surface area (Å²) in [4.78, 5) is 27.5. The number of anilines is 1. The first-order chi connectivity index (χ1) is 9.86. The molecule has 1 heterocycles. The first-order valence-electron chi connectivity index (χ1n) is 7.19. The van der Waals surface area contributed by atoms with Crippen LogP contribution in [0.2, 0.25) is 0 Å². The summed E-state index contributed by atoms with van der Waals surface area (Å²) < 4.78 is 0. The zero-order chi connectivity index (χ0) is 15.6. The number of aromatic nitrogens is 1. The van der Waals surface area contributed by atoms with Crippen molar-refractivity contribution in [3.05, 3.63) is 23.4 Å². The van der Waals surface area contributed by atoms with Gasteiger partial charge in [0.1, 0.15) is 11.9 Å². The smallest absolute Gasteiger partial charge is 0.335 e. The predicted octanol–water partition coefficient (Wildman–Crippen LogP) is 1.98. The minimum atomic E-state index is -1.00. The van der Waals surface area contributed by atoms with Gasteiger partial charge in [0.25, 0.3) is 0 Å². The maximum absolute atomic E-state index is 11.9. The van der Waals surface area contributed by atoms with Crippen LogP contribution in [0.15, 0.2) is 12.1 Å². The van der Waals surface area contributed by atoms with E-state index in [2.05, 4.69) is 15.6 Å². The van der Waals surface area contributed by atoms with Crippen LogP contribution in [-0.2, 0) is 4.79 Å². The first-order valence-corrected chi connectivity index (χ1v) is 7.19. The molecule has 21 heavy (non-hydrogen) atoms. The number of carboxylic acid groups (broad SMARTS) is 1. The van der Waals surface area contributed by atoms with E-state index in [4.69, 9.17) is 5.11 Å². The van der Waals surface area contributed by atoms with Gasteiger partial charge in [0.15, 0.2) is 0 Å². The SMILES string of the molecule is CC(Nc1cc(C(=O)O)cc(C(C)C)n1)C(=O)NC1CC1. The van der Waals surface area contributed by atoms with E-state index in [1.165, 1.54) is 6.07 Å². The second-order valence-electron chi connectivity index (χ2n) is 5.77. The molecule has 0 aromatic carbocycles. The largest absolute Gasteiger partial charge is 0.478 e. The van der Waals surface area contributed by atoms with Crippen LogP contribution in [-0.4, -0.2) is 34.1 Å². The number of carboxylic acids is 1. The molecule has 1 saturated carbocycles. The Labute approximate surface area is 124 Å². The highest BCUT2D eigenvalue weighted by Crippen LogP contribution is 2.20. The highest BCUT2D eigenvalue weighted by atomic mass is 16.4. The molecular weight excluding hydrogens is 270 g/mol. The molecule has 1 aliphatic rings. The molecule has 1 amide bonds. The van der Waals surface area contributed by atoms with Crippen LogP contribution >= 0.6 is 0 Å². The fourth-order valence-corrected chi connectivity index (χ4v) is 1.89. The van der Waals surface area contributed by atoms with E-state index >= 15 is 0 Å². The van der Waals surface area contributed by atoms with Gasteiger partial charge >= 0.3 is 5.97 Å². The fourth-order valence-electron chi connectivity index (χ4n) is 1.89. The van der Waals surface area contributed by atoms with E-state index in [0.29, 0.717) is 17.6 Å². The molecule has 2 rings (SSSR count). The molecule has 1 unspecified atom stereocenters. The monoisotopic (exact) mass is 291 g/mol. The van der Waals surface area contributed by atoms with Gasteiger partial charge < -0.3 is 15.7 Å². The summed E-state index contributed by atoms with van der Waals surface area (Å²) in [7, 11) is 0. The number of hydrogen-bond acceptors (Lipinski definition) is 4. The Hall–Kier alpha value is -2.11. The van der Waals surface area contributed by atoms with Gasteiger partial charge in [-0.25, -0.2) is 9.78 Å². The average Bonchev–Trinajstić information content (AvgIpc) is 3.22. The van der Waals surface area contributed by atoms with E-state index < -0.39 is 12.0 Å². The van der Waals surface area contributed by atoms with Gasteiger partial charge in [-0.3, -0.25) is 4.79 Å². The Morgan fingerprint density at radius 2 is 1.95 bits per heavy atom. The highest BCUT2D eigenvalue weighted by molar-refractivity contribution is 5.89. The lowest BCUT2D eigenvalue weighted by Gasteiger charge is -2.16. The van der Waals surface area contributed by atoms with Crippen molar-refractivity contribution in [2.75, 3.05) is 5.32 Å². The van der Waals surface area contributed by atoms with E-state index in [1.54, 1.807) is 13.0 Å². The maximum atomic E-state index is 11.9. The van der Waals surface area contributed by atoms with Gasteiger partial charge in [-0.05, 0) is 37.8 Å². The fraction of sp³-hybridized carbons (Fsp3) is 0.533. The number of nitrogens with one attached hydrogen (secondary N) is 2. The second-order valence-corrected chi connectivity index (χ2v) is 5.77. The Morgan fingerprint density at radius 1 is 1.29 bits per heavy atom. The van der Waals surface area contributed by atoms with Crippen molar-refractivity contribution in [3.8, 4) is 0 Å². The van der Waals surface area contributed by atoms with E-state index in [0.717, 1.165) is 12.8 Å². The quantitative estimate of drug-likeness (QED) is 0.745. The third kappa shape index (κ3) is 4.18. The third-order valence-electron chi connectivity index (χ3n) is 3.37. The van der Waals surface area contributed by atoms with Crippen molar-refractivity contribution in [2.45, 2.75) is 51.6 Å². The van der Waals surface area contributed by atoms with Crippen LogP contribution in [0, 0.1) is 0 Å². The van der Waals surface area contributed by atoms with E-state index in [1.807, 2.05) is 13.8 Å². The molecule has 6 heteroatoms. The number of amides is 1. The van der Waals surface area contributed by atoms with Crippen LogP contribution in [0.4, 0.5) is 5.82 Å². The number of carbonyl (C=O) groups is 2. The summed E-state index contributed by atoms with van der Waals surface area (Å²) >= 11 is 0. The Balaban J connectivity index is 2.13. The van der Waals surface area contributed by atoms with Gasteiger partial charge in [0.05, 0.1) is 5.56 Å². The van der Waals surface area contributed by atoms with Crippen LogP contribution in [0.5, 0.6) is 0 Å². The molecule has 0 bridgehead atoms. The van der Waals surface area contributed by atoms with Gasteiger partial charge in [-0.1, -0.05) is 13.8 Å². The standard InChI is InChI=1S/C15H21N3O3/c1-8(2)12-6-10(15(20)21)7-13(18-12)16-9(3)14(19)17-11-4-5-11/h6-9,11H,4-5H2,1-3H3,(H,16,18)(H,17,19)(H,20,21). The van der Waals surface area contributed by atoms with Crippen molar-refractivity contribution in [1.29, 1.82) is 0 Å². The maximum Gasteiger partial charge on any atom is 0.335 e. The summed E-state index contributed by atoms with van der Waals surface area (Å²) in [5.41, 5.74) is 0.859. The molecule has 1 fully saturated rings. The van der Waals surface area contributed by atoms with Gasteiger partial charge in [0, 0.05) is 11.7 Å². The van der Waals surface area contributed by atoms with Crippen LogP contribution in [0.1, 0.15) is 55.6 Å². The topological polar surface area (TPSA) is 91.3 Å². The molecule has 0 spiro atoms. The second kappa shape index (κ2) is 6.11. The minimum Gasteiger partial charge on any atom is -0.478 e. The number of aromatic carboxylic acids is 1. The molecule has 1 aromatic heterocycles. The van der Waals surface area contributed by atoms with Gasteiger partial charge in [-0.2, -0.15) is 0 Å². The first kappa shape index (κ1) is 15.3. The molecule has 1 aromatic rings. The molecule has 114 valence electrons. The molecule has 3 N–H and O–H groups in total. The lowest BCUT2D eigenvalue weighted by Crippen LogP contribution is -2.38. The third-order valence-corrected chi connectivity index (χ3v) is 3.37. The molecule has 0 aliphatic heterocycles. The molecular formula is C15H21N3O3. The zero-order valence-corrected chi connectivity index (χ0v) is 12.5. The van der Waals surface area contributed by atoms with Crippen molar-refractivity contribution in [2.24, 2.45) is 0 Å². The minimum absolute atomic E-state index is 0.0916. The predicted molar refractivity (Wildman–Crippen MR) is 79.5 cm³/mol. The van der Waals surface area contributed by atoms with Crippen molar-refractivity contribution >= 4 is 17.7 Å². The number of hydrogen-bond donors (Lipinski definition) is 3. The number of rotatable bonds is 6. The number of nitrogens with zero attached hydrogens (tertiary/aromatic N) is 1. The Bertz CT molecular complexity index is 553. The summed E-state index contributed by atoms with van der Waals surface area (Å²) in [6.45, 7) is 5.63. The summed E-state index contributed by atoms with van der Waals surface area (Å²) in [6, 6.07) is 2.86. The molecule has 6 nitrogen and oxygen atoms in total. The summed E-state index contributed by atoms with van der Waals surface area (Å²) in [5.74, 6) is -0.568. The molecule has 0 saturated heterocycles. The van der Waals surface area contributed by atoms with Gasteiger partial charge in [0.2, 0.25) is 5.91 Å². The summed E-state index contributed by atoms with van der Waals surface area (Å²) in [6.07, 6.45) is 2.06. The molecule has 1 atom stereocenters. The lowest BCUT2D eigenvalue weighted by molar-refractivity contribution is -0.121. The van der Waals surface area contributed by atoms with E-state index in [-0.39, 0.29) is 17.4 Å².